The number of carbonyl (C=O) groups is 1. The van der Waals surface area contributed by atoms with Crippen molar-refractivity contribution in [3.05, 3.63) is 66.1 Å². The van der Waals surface area contributed by atoms with E-state index in [4.69, 9.17) is 13.9 Å². The number of fused-ring (bicyclic) bond motifs is 1. The molecular weight excluding hydrogens is 466 g/mol. The van der Waals surface area contributed by atoms with Gasteiger partial charge in [-0.3, -0.25) is 10.1 Å². The van der Waals surface area contributed by atoms with Crippen molar-refractivity contribution in [2.75, 3.05) is 26.6 Å². The number of sulfonamides is 1. The summed E-state index contributed by atoms with van der Waals surface area (Å²) in [7, 11) is 0.815. The summed E-state index contributed by atoms with van der Waals surface area (Å²) in [6.45, 7) is 0.102. The maximum absolute atomic E-state index is 12.8. The summed E-state index contributed by atoms with van der Waals surface area (Å²) >= 11 is 1.29. The van der Waals surface area contributed by atoms with Gasteiger partial charge >= 0.3 is 0 Å². The molecule has 0 bridgehead atoms. The lowest BCUT2D eigenvalue weighted by Crippen LogP contribution is -2.26. The molecule has 9 nitrogen and oxygen atoms in total. The molecule has 4 rings (SSSR count). The quantitative estimate of drug-likeness (QED) is 0.400. The van der Waals surface area contributed by atoms with E-state index in [1.807, 2.05) is 0 Å². The minimum atomic E-state index is -3.74. The third kappa shape index (κ3) is 4.70. The van der Waals surface area contributed by atoms with Gasteiger partial charge < -0.3 is 13.9 Å². The average molecular weight is 488 g/mol. The molecular formula is C22H21N3O6S2. The van der Waals surface area contributed by atoms with Crippen LogP contribution < -0.4 is 14.8 Å². The number of ether oxygens (including phenoxy) is 2. The van der Waals surface area contributed by atoms with Crippen molar-refractivity contribution in [1.29, 1.82) is 0 Å². The van der Waals surface area contributed by atoms with Crippen LogP contribution in [0, 0.1) is 0 Å². The van der Waals surface area contributed by atoms with Gasteiger partial charge in [0.2, 0.25) is 10.0 Å². The van der Waals surface area contributed by atoms with Gasteiger partial charge in [-0.15, -0.1) is 0 Å². The monoisotopic (exact) mass is 487 g/mol. The van der Waals surface area contributed by atoms with E-state index in [1.165, 1.54) is 60.3 Å². The van der Waals surface area contributed by atoms with Crippen LogP contribution in [0.25, 0.3) is 10.2 Å². The van der Waals surface area contributed by atoms with Gasteiger partial charge in [0.05, 0.1) is 42.1 Å². The Balaban J connectivity index is 1.49. The lowest BCUT2D eigenvalue weighted by molar-refractivity contribution is 0.102. The molecule has 2 heterocycles. The standard InChI is InChI=1S/C22H21N3O6S2/c1-25(13-15-5-4-10-31-15)33(27,28)16-8-6-14(7-9-16)21(26)24-22-23-17-11-18(29-2)19(30-3)12-20(17)32-22/h4-12H,13H2,1-3H3,(H,23,24,26). The summed E-state index contributed by atoms with van der Waals surface area (Å²) in [6.07, 6.45) is 1.49. The second kappa shape index (κ2) is 9.22. The number of aromatic nitrogens is 1. The highest BCUT2D eigenvalue weighted by Crippen LogP contribution is 2.36. The van der Waals surface area contributed by atoms with Crippen LogP contribution in [0.4, 0.5) is 5.13 Å². The topological polar surface area (TPSA) is 111 Å². The lowest BCUT2D eigenvalue weighted by atomic mass is 10.2. The van der Waals surface area contributed by atoms with E-state index in [9.17, 15) is 13.2 Å². The first kappa shape index (κ1) is 22.8. The zero-order valence-electron chi connectivity index (χ0n) is 18.1. The molecule has 0 saturated heterocycles. The van der Waals surface area contributed by atoms with Crippen LogP contribution in [0.5, 0.6) is 11.5 Å². The molecule has 11 heteroatoms. The molecule has 2 aromatic carbocycles. The lowest BCUT2D eigenvalue weighted by Gasteiger charge is -2.16. The van der Waals surface area contributed by atoms with E-state index in [0.717, 1.165) is 4.70 Å². The highest BCUT2D eigenvalue weighted by molar-refractivity contribution is 7.89. The Hall–Kier alpha value is -3.41. The van der Waals surface area contributed by atoms with Crippen LogP contribution in [0.1, 0.15) is 16.1 Å². The average Bonchev–Trinajstić information content (AvgIpc) is 3.46. The molecule has 1 N–H and O–H groups in total. The first-order chi connectivity index (χ1) is 15.8. The van der Waals surface area contributed by atoms with E-state index < -0.39 is 15.9 Å². The molecule has 2 aromatic heterocycles. The number of benzene rings is 2. The molecule has 0 fully saturated rings. The number of anilines is 1. The fourth-order valence-corrected chi connectivity index (χ4v) is 5.15. The Kier molecular flexibility index (Phi) is 6.36. The number of thiazole rings is 1. The van der Waals surface area contributed by atoms with E-state index in [0.29, 0.717) is 33.5 Å². The van der Waals surface area contributed by atoms with Gasteiger partial charge in [0.15, 0.2) is 16.6 Å². The van der Waals surface area contributed by atoms with Crippen molar-refractivity contribution >= 4 is 42.6 Å². The van der Waals surface area contributed by atoms with E-state index in [-0.39, 0.29) is 11.4 Å². The largest absolute Gasteiger partial charge is 0.493 e. The molecule has 0 saturated carbocycles. The molecule has 0 spiro atoms. The molecule has 0 aliphatic rings. The summed E-state index contributed by atoms with van der Waals surface area (Å²) in [4.78, 5) is 17.2. The fraction of sp³-hybridized carbons (Fsp3) is 0.182. The summed E-state index contributed by atoms with van der Waals surface area (Å²) in [5, 5.41) is 3.15. The predicted octanol–water partition coefficient (Wildman–Crippen LogP) is 3.98. The molecule has 0 atom stereocenters. The number of nitrogens with zero attached hydrogens (tertiary/aromatic N) is 2. The molecule has 0 aliphatic heterocycles. The number of carbonyl (C=O) groups excluding carboxylic acids is 1. The van der Waals surface area contributed by atoms with Gasteiger partial charge in [-0.2, -0.15) is 4.31 Å². The van der Waals surface area contributed by atoms with Crippen molar-refractivity contribution in [2.24, 2.45) is 0 Å². The SMILES string of the molecule is COc1cc2nc(NC(=O)c3ccc(S(=O)(=O)N(C)Cc4ccco4)cc3)sc2cc1OC. The Morgan fingerprint density at radius 3 is 2.45 bits per heavy atom. The molecule has 172 valence electrons. The van der Waals surface area contributed by atoms with Gasteiger partial charge in [0.25, 0.3) is 5.91 Å². The number of hydrogen-bond acceptors (Lipinski definition) is 8. The van der Waals surface area contributed by atoms with Gasteiger partial charge in [0, 0.05) is 24.7 Å². The van der Waals surface area contributed by atoms with Crippen LogP contribution in [0.2, 0.25) is 0 Å². The van der Waals surface area contributed by atoms with Gasteiger partial charge in [-0.05, 0) is 36.4 Å². The Morgan fingerprint density at radius 1 is 1.12 bits per heavy atom. The van der Waals surface area contributed by atoms with Crippen LogP contribution >= 0.6 is 11.3 Å². The predicted molar refractivity (Wildman–Crippen MR) is 124 cm³/mol. The first-order valence-electron chi connectivity index (χ1n) is 9.74. The van der Waals surface area contributed by atoms with Crippen molar-refractivity contribution in [2.45, 2.75) is 11.4 Å². The summed E-state index contributed by atoms with van der Waals surface area (Å²) in [5.41, 5.74) is 0.964. The van der Waals surface area contributed by atoms with Gasteiger partial charge in [0.1, 0.15) is 5.76 Å². The van der Waals surface area contributed by atoms with Gasteiger partial charge in [-0.25, -0.2) is 13.4 Å². The number of amides is 1. The second-order valence-corrected chi connectivity index (χ2v) is 10.1. The summed E-state index contributed by atoms with van der Waals surface area (Å²) in [5.74, 6) is 1.24. The highest BCUT2D eigenvalue weighted by atomic mass is 32.2. The van der Waals surface area contributed by atoms with E-state index in [2.05, 4.69) is 10.3 Å². The fourth-order valence-electron chi connectivity index (χ4n) is 3.14. The minimum Gasteiger partial charge on any atom is -0.493 e. The molecule has 4 aromatic rings. The number of hydrogen-bond donors (Lipinski definition) is 1. The zero-order valence-corrected chi connectivity index (χ0v) is 19.7. The number of nitrogens with one attached hydrogen (secondary N) is 1. The zero-order chi connectivity index (χ0) is 23.6. The van der Waals surface area contributed by atoms with Crippen LogP contribution in [-0.4, -0.2) is 44.9 Å². The normalized spacial score (nSPS) is 11.6. The summed E-state index contributed by atoms with van der Waals surface area (Å²) < 4.78 is 43.4. The number of rotatable bonds is 8. The highest BCUT2D eigenvalue weighted by Gasteiger charge is 2.22. The maximum Gasteiger partial charge on any atom is 0.257 e. The van der Waals surface area contributed by atoms with Crippen molar-refractivity contribution in [3.8, 4) is 11.5 Å². The third-order valence-electron chi connectivity index (χ3n) is 4.90. The Labute approximate surface area is 194 Å². The van der Waals surface area contributed by atoms with Crippen LogP contribution in [0.15, 0.2) is 64.1 Å². The molecule has 0 unspecified atom stereocenters. The number of methoxy groups -OCH3 is 2. The van der Waals surface area contributed by atoms with Crippen LogP contribution in [0.3, 0.4) is 0 Å². The van der Waals surface area contributed by atoms with Crippen molar-refractivity contribution in [3.63, 3.8) is 0 Å². The number of furan rings is 1. The molecule has 1 amide bonds. The summed E-state index contributed by atoms with van der Waals surface area (Å²) in [6, 6.07) is 12.6. The van der Waals surface area contributed by atoms with Crippen molar-refractivity contribution < 1.29 is 27.1 Å². The molecule has 33 heavy (non-hydrogen) atoms. The first-order valence-corrected chi connectivity index (χ1v) is 12.0. The van der Waals surface area contributed by atoms with E-state index in [1.54, 1.807) is 31.4 Å². The third-order valence-corrected chi connectivity index (χ3v) is 7.65. The van der Waals surface area contributed by atoms with Crippen molar-refractivity contribution in [1.82, 2.24) is 9.29 Å². The van der Waals surface area contributed by atoms with Crippen LogP contribution in [-0.2, 0) is 16.6 Å². The Morgan fingerprint density at radius 2 is 1.82 bits per heavy atom. The second-order valence-electron chi connectivity index (χ2n) is 7.01. The van der Waals surface area contributed by atoms with E-state index >= 15 is 0 Å². The Bertz CT molecular complexity index is 1340. The molecule has 0 radical (unpaired) electrons. The maximum atomic E-state index is 12.8. The smallest absolute Gasteiger partial charge is 0.257 e. The minimum absolute atomic E-state index is 0.0762. The van der Waals surface area contributed by atoms with Gasteiger partial charge in [-0.1, -0.05) is 11.3 Å². The molecule has 0 aliphatic carbocycles.